The molecule has 0 unspecified atom stereocenters. The first-order valence-electron chi connectivity index (χ1n) is 5.86. The van der Waals surface area contributed by atoms with Gasteiger partial charge in [-0.05, 0) is 35.6 Å². The van der Waals surface area contributed by atoms with Gasteiger partial charge in [-0.15, -0.1) is 0 Å². The Morgan fingerprint density at radius 3 is 2.53 bits per heavy atom. The van der Waals surface area contributed by atoms with Crippen LogP contribution in [0.4, 0.5) is 5.82 Å². The topological polar surface area (TPSA) is 38.9 Å². The van der Waals surface area contributed by atoms with Gasteiger partial charge in [-0.25, -0.2) is 4.98 Å². The summed E-state index contributed by atoms with van der Waals surface area (Å²) in [5.41, 5.74) is 8.10. The predicted molar refractivity (Wildman–Crippen MR) is 73.0 cm³/mol. The molecule has 17 heavy (non-hydrogen) atoms. The summed E-state index contributed by atoms with van der Waals surface area (Å²) in [6.45, 7) is 2.16. The van der Waals surface area contributed by atoms with Crippen molar-refractivity contribution < 1.29 is 0 Å². The first-order chi connectivity index (χ1) is 8.28. The van der Waals surface area contributed by atoms with Crippen LogP contribution in [0.5, 0.6) is 0 Å². The molecule has 2 N–H and O–H groups in total. The predicted octanol–water partition coefficient (Wildman–Crippen LogP) is 3.53. The van der Waals surface area contributed by atoms with Crippen molar-refractivity contribution in [3.63, 3.8) is 0 Å². The molecule has 3 rings (SSSR count). The van der Waals surface area contributed by atoms with E-state index >= 15 is 0 Å². The Hall–Kier alpha value is -2.09. The minimum Gasteiger partial charge on any atom is -0.384 e. The van der Waals surface area contributed by atoms with Crippen LogP contribution in [-0.4, -0.2) is 4.98 Å². The average Bonchev–Trinajstić information content (AvgIpc) is 2.38. The number of hydrogen-bond donors (Lipinski definition) is 1. The fourth-order valence-electron chi connectivity index (χ4n) is 2.19. The van der Waals surface area contributed by atoms with Crippen molar-refractivity contribution in [1.29, 1.82) is 0 Å². The second-order valence-electron chi connectivity index (χ2n) is 4.28. The summed E-state index contributed by atoms with van der Waals surface area (Å²) in [5, 5.41) is 3.54. The van der Waals surface area contributed by atoms with E-state index in [2.05, 4.69) is 42.2 Å². The van der Waals surface area contributed by atoms with Gasteiger partial charge in [-0.1, -0.05) is 31.2 Å². The first kappa shape index (κ1) is 10.1. The maximum atomic E-state index is 5.77. The molecule has 0 aliphatic rings. The van der Waals surface area contributed by atoms with Crippen LogP contribution in [0.15, 0.2) is 42.5 Å². The van der Waals surface area contributed by atoms with E-state index in [1.165, 1.54) is 16.3 Å². The molecule has 1 aromatic heterocycles. The molecule has 0 radical (unpaired) electrons. The van der Waals surface area contributed by atoms with Crippen molar-refractivity contribution >= 4 is 27.5 Å². The number of benzene rings is 2. The zero-order valence-electron chi connectivity index (χ0n) is 9.77. The molecular weight excluding hydrogens is 208 g/mol. The number of anilines is 1. The highest BCUT2D eigenvalue weighted by molar-refractivity contribution is 6.05. The van der Waals surface area contributed by atoms with E-state index in [1.807, 2.05) is 12.1 Å². The summed E-state index contributed by atoms with van der Waals surface area (Å²) in [6, 6.07) is 14.6. The standard InChI is InChI=1S/C15H14N2/c1-2-10-3-4-11-5-6-12-7-8-14(16)17-15(12)13(11)9-10/h3-9H,2H2,1H3,(H2,16,17). The molecule has 0 atom stereocenters. The quantitative estimate of drug-likeness (QED) is 0.640. The minimum absolute atomic E-state index is 0.576. The van der Waals surface area contributed by atoms with E-state index in [1.54, 1.807) is 0 Å². The first-order valence-corrected chi connectivity index (χ1v) is 5.86. The number of nitrogens with two attached hydrogens (primary N) is 1. The lowest BCUT2D eigenvalue weighted by atomic mass is 10.0. The van der Waals surface area contributed by atoms with Gasteiger partial charge in [0.1, 0.15) is 5.82 Å². The lowest BCUT2D eigenvalue weighted by molar-refractivity contribution is 1.15. The van der Waals surface area contributed by atoms with Crippen molar-refractivity contribution in [3.05, 3.63) is 48.0 Å². The summed E-state index contributed by atoms with van der Waals surface area (Å²) < 4.78 is 0. The molecule has 3 aromatic rings. The fraction of sp³-hybridized carbons (Fsp3) is 0.133. The van der Waals surface area contributed by atoms with Crippen LogP contribution in [-0.2, 0) is 6.42 Å². The molecule has 0 fully saturated rings. The van der Waals surface area contributed by atoms with E-state index in [9.17, 15) is 0 Å². The van der Waals surface area contributed by atoms with Gasteiger partial charge < -0.3 is 5.73 Å². The molecule has 0 aliphatic heterocycles. The van der Waals surface area contributed by atoms with E-state index in [0.717, 1.165) is 17.3 Å². The summed E-state index contributed by atoms with van der Waals surface area (Å²) in [7, 11) is 0. The highest BCUT2D eigenvalue weighted by atomic mass is 14.8. The molecule has 84 valence electrons. The number of rotatable bonds is 1. The number of nitrogen functional groups attached to an aromatic ring is 1. The zero-order chi connectivity index (χ0) is 11.8. The maximum Gasteiger partial charge on any atom is 0.124 e. The second-order valence-corrected chi connectivity index (χ2v) is 4.28. The fourth-order valence-corrected chi connectivity index (χ4v) is 2.19. The average molecular weight is 222 g/mol. The molecule has 0 saturated carbocycles. The van der Waals surface area contributed by atoms with Gasteiger partial charge >= 0.3 is 0 Å². The van der Waals surface area contributed by atoms with Crippen LogP contribution in [0.1, 0.15) is 12.5 Å². The third kappa shape index (κ3) is 1.62. The van der Waals surface area contributed by atoms with Gasteiger partial charge in [0.25, 0.3) is 0 Å². The number of hydrogen-bond acceptors (Lipinski definition) is 2. The molecule has 2 aromatic carbocycles. The molecule has 2 nitrogen and oxygen atoms in total. The number of pyridine rings is 1. The van der Waals surface area contributed by atoms with Crippen molar-refractivity contribution in [1.82, 2.24) is 4.98 Å². The second kappa shape index (κ2) is 3.74. The van der Waals surface area contributed by atoms with Gasteiger partial charge in [0.05, 0.1) is 5.52 Å². The molecule has 0 saturated heterocycles. The number of aryl methyl sites for hydroxylation is 1. The van der Waals surface area contributed by atoms with Crippen LogP contribution < -0.4 is 5.73 Å². The highest BCUT2D eigenvalue weighted by Gasteiger charge is 2.03. The summed E-state index contributed by atoms with van der Waals surface area (Å²) >= 11 is 0. The van der Waals surface area contributed by atoms with Gasteiger partial charge in [0.2, 0.25) is 0 Å². The van der Waals surface area contributed by atoms with Crippen molar-refractivity contribution in [2.24, 2.45) is 0 Å². The van der Waals surface area contributed by atoms with Crippen LogP contribution in [0.25, 0.3) is 21.7 Å². The Morgan fingerprint density at radius 1 is 1.00 bits per heavy atom. The smallest absolute Gasteiger partial charge is 0.124 e. The zero-order valence-corrected chi connectivity index (χ0v) is 9.77. The van der Waals surface area contributed by atoms with Crippen LogP contribution >= 0.6 is 0 Å². The Labute approximate surface area is 100 Å². The van der Waals surface area contributed by atoms with E-state index in [0.29, 0.717) is 5.82 Å². The summed E-state index contributed by atoms with van der Waals surface area (Å²) in [6.07, 6.45) is 1.04. The SMILES string of the molecule is CCc1ccc2ccc3ccc(N)nc3c2c1. The van der Waals surface area contributed by atoms with Gasteiger partial charge in [-0.3, -0.25) is 0 Å². The summed E-state index contributed by atoms with van der Waals surface area (Å²) in [5.74, 6) is 0.576. The van der Waals surface area contributed by atoms with Crippen LogP contribution in [0, 0.1) is 0 Å². The van der Waals surface area contributed by atoms with Crippen molar-refractivity contribution in [2.45, 2.75) is 13.3 Å². The van der Waals surface area contributed by atoms with E-state index < -0.39 is 0 Å². The van der Waals surface area contributed by atoms with Crippen molar-refractivity contribution in [3.8, 4) is 0 Å². The Balaban J connectivity index is 2.47. The number of aromatic nitrogens is 1. The van der Waals surface area contributed by atoms with Crippen molar-refractivity contribution in [2.75, 3.05) is 5.73 Å². The van der Waals surface area contributed by atoms with Gasteiger partial charge in [0, 0.05) is 10.8 Å². The molecule has 0 aliphatic carbocycles. The lowest BCUT2D eigenvalue weighted by Gasteiger charge is -2.05. The Kier molecular flexibility index (Phi) is 2.22. The number of fused-ring (bicyclic) bond motifs is 3. The summed E-state index contributed by atoms with van der Waals surface area (Å²) in [4.78, 5) is 4.46. The van der Waals surface area contributed by atoms with Gasteiger partial charge in [-0.2, -0.15) is 0 Å². The molecule has 0 bridgehead atoms. The maximum absolute atomic E-state index is 5.77. The van der Waals surface area contributed by atoms with E-state index in [-0.39, 0.29) is 0 Å². The van der Waals surface area contributed by atoms with Gasteiger partial charge in [0.15, 0.2) is 0 Å². The molecule has 2 heteroatoms. The highest BCUT2D eigenvalue weighted by Crippen LogP contribution is 2.25. The van der Waals surface area contributed by atoms with E-state index in [4.69, 9.17) is 5.73 Å². The third-order valence-corrected chi connectivity index (χ3v) is 3.17. The molecule has 1 heterocycles. The largest absolute Gasteiger partial charge is 0.384 e. The molecule has 0 amide bonds. The monoisotopic (exact) mass is 222 g/mol. The molecular formula is C15H14N2. The van der Waals surface area contributed by atoms with Crippen LogP contribution in [0.2, 0.25) is 0 Å². The number of nitrogens with zero attached hydrogens (tertiary/aromatic N) is 1. The Bertz CT molecular complexity index is 702. The minimum atomic E-state index is 0.576. The Morgan fingerprint density at radius 2 is 1.71 bits per heavy atom. The van der Waals surface area contributed by atoms with Crippen LogP contribution in [0.3, 0.4) is 0 Å². The normalized spacial score (nSPS) is 11.1. The third-order valence-electron chi connectivity index (χ3n) is 3.17. The molecule has 0 spiro atoms. The lowest BCUT2D eigenvalue weighted by Crippen LogP contribution is -1.91.